The van der Waals surface area contributed by atoms with E-state index in [1.807, 2.05) is 0 Å². The molecule has 0 heterocycles. The van der Waals surface area contributed by atoms with Crippen molar-refractivity contribution in [1.29, 1.82) is 0 Å². The number of allylic oxidation sites excluding steroid dienone is 4. The number of hydrogen-bond acceptors (Lipinski definition) is 1. The number of nitrogens with zero attached hydrogens (tertiary/aromatic N) is 1. The second-order valence-electron chi connectivity index (χ2n) is 14.3. The molecule has 1 nitrogen and oxygen atoms in total. The molecule has 0 N–H and O–H groups in total. The fourth-order valence-corrected chi connectivity index (χ4v) is 8.53. The predicted molar refractivity (Wildman–Crippen MR) is 236 cm³/mol. The maximum absolute atomic E-state index is 2.47. The third kappa shape index (κ3) is 5.91. The van der Waals surface area contributed by atoms with Gasteiger partial charge in [0, 0.05) is 17.1 Å². The monoisotopic (exact) mass is 701 g/mol. The molecular weight excluding hydrogens is 663 g/mol. The maximum Gasteiger partial charge on any atom is 0.0462 e. The summed E-state index contributed by atoms with van der Waals surface area (Å²) in [6.45, 7) is 0. The van der Waals surface area contributed by atoms with E-state index >= 15 is 0 Å². The molecule has 0 radical (unpaired) electrons. The highest BCUT2D eigenvalue weighted by Gasteiger charge is 2.23. The molecule has 0 amide bonds. The van der Waals surface area contributed by atoms with Crippen LogP contribution in [0.2, 0.25) is 0 Å². The average molecular weight is 702 g/mol. The van der Waals surface area contributed by atoms with Gasteiger partial charge in [-0.05, 0) is 138 Å². The van der Waals surface area contributed by atoms with Gasteiger partial charge in [0.1, 0.15) is 0 Å². The highest BCUT2D eigenvalue weighted by Crippen LogP contribution is 2.49. The molecule has 0 saturated heterocycles. The highest BCUT2D eigenvalue weighted by atomic mass is 15.1. The van der Waals surface area contributed by atoms with Crippen LogP contribution in [0.1, 0.15) is 18.4 Å². The lowest BCUT2D eigenvalue weighted by molar-refractivity contribution is 1.04. The molecule has 0 saturated carbocycles. The van der Waals surface area contributed by atoms with E-state index in [9.17, 15) is 0 Å². The first-order valence-electron chi connectivity index (χ1n) is 19.3. The molecule has 0 unspecified atom stereocenters. The Balaban J connectivity index is 1.30. The largest absolute Gasteiger partial charge is 0.311 e. The van der Waals surface area contributed by atoms with Crippen molar-refractivity contribution in [3.8, 4) is 33.4 Å². The van der Waals surface area contributed by atoms with Crippen LogP contribution in [0.4, 0.5) is 17.1 Å². The van der Waals surface area contributed by atoms with Gasteiger partial charge in [-0.15, -0.1) is 0 Å². The zero-order valence-electron chi connectivity index (χ0n) is 30.6. The van der Waals surface area contributed by atoms with Crippen LogP contribution < -0.4 is 4.90 Å². The quantitative estimate of drug-likeness (QED) is 0.150. The van der Waals surface area contributed by atoms with Crippen molar-refractivity contribution < 1.29 is 0 Å². The second kappa shape index (κ2) is 14.1. The Hall–Kier alpha value is -6.96. The molecule has 9 aromatic carbocycles. The Labute approximate surface area is 322 Å². The molecule has 0 fully saturated rings. The second-order valence-corrected chi connectivity index (χ2v) is 14.3. The summed E-state index contributed by atoms with van der Waals surface area (Å²) in [6.07, 6.45) is 9.19. The van der Waals surface area contributed by atoms with Crippen molar-refractivity contribution in [3.05, 3.63) is 218 Å². The first-order chi connectivity index (χ1) is 27.3. The first kappa shape index (κ1) is 32.7. The van der Waals surface area contributed by atoms with Crippen molar-refractivity contribution in [3.63, 3.8) is 0 Å². The third-order valence-electron chi connectivity index (χ3n) is 11.0. The molecule has 1 aliphatic rings. The molecule has 0 aliphatic heterocycles. The van der Waals surface area contributed by atoms with Gasteiger partial charge in [-0.25, -0.2) is 0 Å². The molecule has 0 atom stereocenters. The maximum atomic E-state index is 2.47. The van der Waals surface area contributed by atoms with E-state index in [1.165, 1.54) is 76.8 Å². The van der Waals surface area contributed by atoms with Crippen LogP contribution in [0.5, 0.6) is 0 Å². The molecule has 1 heteroatoms. The van der Waals surface area contributed by atoms with Crippen LogP contribution in [0.25, 0.3) is 71.3 Å². The third-order valence-corrected chi connectivity index (χ3v) is 11.0. The molecule has 1 aliphatic carbocycles. The summed E-state index contributed by atoms with van der Waals surface area (Å²) in [7, 11) is 0. The average Bonchev–Trinajstić information content (AvgIpc) is 3.28. The van der Waals surface area contributed by atoms with E-state index in [2.05, 4.69) is 217 Å². The van der Waals surface area contributed by atoms with Crippen LogP contribution in [-0.2, 0) is 0 Å². The van der Waals surface area contributed by atoms with Gasteiger partial charge in [0.2, 0.25) is 0 Å². The standard InChI is InChI=1S/C54H39N/c1-6-18-38(19-7-1)42-32-35-48-51(36-42)46-28-16-17-29-47(46)54-52(49(39-20-8-2-9-21-39)37-50(53(48)54)40-22-10-3-11-23-40)41-30-33-45(34-31-41)55(43-24-12-4-13-25-43)44-26-14-5-15-27-44/h1,3-8,10-37H,2,9H2. The number of anilines is 3. The van der Waals surface area contributed by atoms with Gasteiger partial charge in [0.25, 0.3) is 0 Å². The molecule has 10 rings (SSSR count). The van der Waals surface area contributed by atoms with Gasteiger partial charge in [-0.3, -0.25) is 0 Å². The van der Waals surface area contributed by atoms with Crippen molar-refractivity contribution >= 4 is 55.0 Å². The van der Waals surface area contributed by atoms with E-state index < -0.39 is 0 Å². The Morgan fingerprint density at radius 1 is 0.345 bits per heavy atom. The normalized spacial score (nSPS) is 12.6. The van der Waals surface area contributed by atoms with Gasteiger partial charge in [-0.2, -0.15) is 0 Å². The number of fused-ring (bicyclic) bond motifs is 6. The van der Waals surface area contributed by atoms with E-state index in [0.717, 1.165) is 29.9 Å². The zero-order chi connectivity index (χ0) is 36.6. The van der Waals surface area contributed by atoms with Gasteiger partial charge in [-0.1, -0.05) is 164 Å². The summed E-state index contributed by atoms with van der Waals surface area (Å²) in [6, 6.07) is 70.8. The van der Waals surface area contributed by atoms with Crippen molar-refractivity contribution in [2.75, 3.05) is 4.90 Å². The van der Waals surface area contributed by atoms with Crippen molar-refractivity contribution in [2.45, 2.75) is 12.8 Å². The van der Waals surface area contributed by atoms with Gasteiger partial charge in [0.05, 0.1) is 0 Å². The minimum absolute atomic E-state index is 1.03. The first-order valence-corrected chi connectivity index (χ1v) is 19.3. The number of hydrogen-bond donors (Lipinski definition) is 0. The SMILES string of the molecule is C1=CC(c2cc(-c3ccccc3)c3c4ccc(-c5ccccc5)cc4c4ccccc4c3c2-c2ccc(N(c3ccccc3)c3ccccc3)cc2)=CCC1. The number of para-hydroxylation sites is 2. The van der Waals surface area contributed by atoms with E-state index in [-0.39, 0.29) is 0 Å². The molecular formula is C54H39N. The van der Waals surface area contributed by atoms with E-state index in [0.29, 0.717) is 0 Å². The van der Waals surface area contributed by atoms with Gasteiger partial charge >= 0.3 is 0 Å². The minimum atomic E-state index is 1.03. The van der Waals surface area contributed by atoms with Gasteiger partial charge in [0.15, 0.2) is 0 Å². The summed E-state index contributed by atoms with van der Waals surface area (Å²) < 4.78 is 0. The van der Waals surface area contributed by atoms with Crippen molar-refractivity contribution in [1.82, 2.24) is 0 Å². The molecule has 0 aromatic heterocycles. The number of rotatable bonds is 7. The Bertz CT molecular complexity index is 2830. The summed E-state index contributed by atoms with van der Waals surface area (Å²) >= 11 is 0. The Morgan fingerprint density at radius 2 is 0.891 bits per heavy atom. The Morgan fingerprint density at radius 3 is 1.53 bits per heavy atom. The topological polar surface area (TPSA) is 3.24 Å². The molecule has 9 aromatic rings. The van der Waals surface area contributed by atoms with Crippen LogP contribution in [0.15, 0.2) is 212 Å². The van der Waals surface area contributed by atoms with Crippen LogP contribution >= 0.6 is 0 Å². The van der Waals surface area contributed by atoms with Crippen LogP contribution in [0.3, 0.4) is 0 Å². The summed E-state index contributed by atoms with van der Waals surface area (Å²) in [5, 5.41) is 7.66. The fourth-order valence-electron chi connectivity index (χ4n) is 8.53. The highest BCUT2D eigenvalue weighted by molar-refractivity contribution is 6.32. The van der Waals surface area contributed by atoms with E-state index in [4.69, 9.17) is 0 Å². The lowest BCUT2D eigenvalue weighted by Crippen LogP contribution is -2.09. The molecule has 55 heavy (non-hydrogen) atoms. The summed E-state index contributed by atoms with van der Waals surface area (Å²) in [5.41, 5.74) is 13.3. The van der Waals surface area contributed by atoms with Crippen molar-refractivity contribution in [2.24, 2.45) is 0 Å². The van der Waals surface area contributed by atoms with Crippen LogP contribution in [-0.4, -0.2) is 0 Å². The summed E-state index contributed by atoms with van der Waals surface area (Å²) in [4.78, 5) is 2.33. The number of benzene rings is 9. The van der Waals surface area contributed by atoms with Gasteiger partial charge < -0.3 is 4.90 Å². The molecule has 260 valence electrons. The lowest BCUT2D eigenvalue weighted by atomic mass is 9.80. The van der Waals surface area contributed by atoms with Crippen LogP contribution in [0, 0.1) is 0 Å². The lowest BCUT2D eigenvalue weighted by Gasteiger charge is -2.26. The summed E-state index contributed by atoms with van der Waals surface area (Å²) in [5.74, 6) is 0. The molecule has 0 bridgehead atoms. The minimum Gasteiger partial charge on any atom is -0.311 e. The predicted octanol–water partition coefficient (Wildman–Crippen LogP) is 15.4. The Kier molecular flexibility index (Phi) is 8.39. The fraction of sp³-hybridized carbons (Fsp3) is 0.0370. The smallest absolute Gasteiger partial charge is 0.0462 e. The molecule has 0 spiro atoms. The zero-order valence-corrected chi connectivity index (χ0v) is 30.6. The van der Waals surface area contributed by atoms with E-state index in [1.54, 1.807) is 0 Å².